The van der Waals surface area contributed by atoms with Crippen molar-refractivity contribution in [1.82, 2.24) is 0 Å². The summed E-state index contributed by atoms with van der Waals surface area (Å²) in [5.41, 5.74) is 3.02. The van der Waals surface area contributed by atoms with Crippen molar-refractivity contribution in [3.8, 4) is 0 Å². The molecule has 0 N–H and O–H groups in total. The van der Waals surface area contributed by atoms with Crippen LogP contribution in [0.15, 0.2) is 35.5 Å². The summed E-state index contributed by atoms with van der Waals surface area (Å²) in [6, 6.07) is 0. The summed E-state index contributed by atoms with van der Waals surface area (Å²) in [6.07, 6.45) is 13.9. The van der Waals surface area contributed by atoms with Gasteiger partial charge >= 0.3 is 0 Å². The van der Waals surface area contributed by atoms with E-state index in [0.29, 0.717) is 0 Å². The van der Waals surface area contributed by atoms with Crippen LogP contribution in [0.2, 0.25) is 0 Å². The van der Waals surface area contributed by atoms with Crippen LogP contribution in [0, 0.1) is 0 Å². The molecule has 0 heterocycles. The van der Waals surface area contributed by atoms with Crippen LogP contribution in [0.25, 0.3) is 0 Å². The summed E-state index contributed by atoms with van der Waals surface area (Å²) in [7, 11) is 0. The summed E-state index contributed by atoms with van der Waals surface area (Å²) < 4.78 is 0. The molecule has 0 fully saturated rings. The summed E-state index contributed by atoms with van der Waals surface area (Å²) in [4.78, 5) is 0. The predicted octanol–water partition coefficient (Wildman–Crippen LogP) is 4.01. The number of hydrogen-bond donors (Lipinski definition) is 0. The quantitative estimate of drug-likeness (QED) is 0.472. The first kappa shape index (κ1) is 9.31. The van der Waals surface area contributed by atoms with Crippen LogP contribution in [-0.2, 0) is 0 Å². The molecule has 0 heteroatoms. The van der Waals surface area contributed by atoms with Crippen molar-refractivity contribution >= 4 is 0 Å². The normalized spacial score (nSPS) is 19.8. The molecule has 0 aromatic carbocycles. The molecule has 0 nitrogen and oxygen atoms in total. The van der Waals surface area contributed by atoms with E-state index < -0.39 is 0 Å². The minimum atomic E-state index is 1.11. The lowest BCUT2D eigenvalue weighted by Crippen LogP contribution is -1.81. The molecule has 1 aliphatic carbocycles. The Morgan fingerprint density at radius 2 is 1.83 bits per heavy atom. The van der Waals surface area contributed by atoms with Crippen LogP contribution < -0.4 is 0 Å². The van der Waals surface area contributed by atoms with E-state index in [4.69, 9.17) is 0 Å². The molecule has 0 spiro atoms. The summed E-state index contributed by atoms with van der Waals surface area (Å²) in [5, 5.41) is 0. The molecule has 0 amide bonds. The SMILES string of the molecule is CC1=CCCC(C)=CCC=CC1. The average Bonchev–Trinajstić information content (AvgIpc) is 2.04. The Bertz CT molecular complexity index is 216. The lowest BCUT2D eigenvalue weighted by atomic mass is 10.1. The second-order valence-electron chi connectivity index (χ2n) is 3.55. The van der Waals surface area contributed by atoms with Crippen molar-refractivity contribution in [2.24, 2.45) is 0 Å². The lowest BCUT2D eigenvalue weighted by Gasteiger charge is -2.01. The maximum Gasteiger partial charge on any atom is -0.0141 e. The van der Waals surface area contributed by atoms with E-state index in [0.717, 1.165) is 12.8 Å². The molecule has 0 saturated heterocycles. The first-order valence-corrected chi connectivity index (χ1v) is 4.75. The second kappa shape index (κ2) is 4.97. The zero-order valence-corrected chi connectivity index (χ0v) is 8.14. The van der Waals surface area contributed by atoms with Gasteiger partial charge in [0.1, 0.15) is 0 Å². The van der Waals surface area contributed by atoms with Gasteiger partial charge in [-0.05, 0) is 39.5 Å². The van der Waals surface area contributed by atoms with Crippen molar-refractivity contribution in [3.05, 3.63) is 35.5 Å². The minimum absolute atomic E-state index is 1.11. The molecule has 0 atom stereocenters. The minimum Gasteiger partial charge on any atom is -0.0850 e. The fourth-order valence-electron chi connectivity index (χ4n) is 1.37. The molecule has 0 bridgehead atoms. The predicted molar refractivity (Wildman–Crippen MR) is 55.1 cm³/mol. The van der Waals surface area contributed by atoms with Crippen LogP contribution in [0.4, 0.5) is 0 Å². The van der Waals surface area contributed by atoms with Crippen LogP contribution >= 0.6 is 0 Å². The molecule has 1 aliphatic rings. The number of rotatable bonds is 0. The molecular weight excluding hydrogens is 144 g/mol. The van der Waals surface area contributed by atoms with Gasteiger partial charge in [0, 0.05) is 0 Å². The van der Waals surface area contributed by atoms with Gasteiger partial charge in [-0.15, -0.1) is 0 Å². The Morgan fingerprint density at radius 1 is 1.00 bits per heavy atom. The summed E-state index contributed by atoms with van der Waals surface area (Å²) >= 11 is 0. The van der Waals surface area contributed by atoms with Gasteiger partial charge in [0.2, 0.25) is 0 Å². The van der Waals surface area contributed by atoms with Gasteiger partial charge in [-0.2, -0.15) is 0 Å². The monoisotopic (exact) mass is 162 g/mol. The van der Waals surface area contributed by atoms with E-state index in [1.807, 2.05) is 0 Å². The van der Waals surface area contributed by atoms with Crippen molar-refractivity contribution < 1.29 is 0 Å². The van der Waals surface area contributed by atoms with E-state index in [9.17, 15) is 0 Å². The highest BCUT2D eigenvalue weighted by molar-refractivity contribution is 5.10. The van der Waals surface area contributed by atoms with Gasteiger partial charge in [-0.25, -0.2) is 0 Å². The summed E-state index contributed by atoms with van der Waals surface area (Å²) in [5.74, 6) is 0. The maximum absolute atomic E-state index is 2.35. The highest BCUT2D eigenvalue weighted by Gasteiger charge is 1.91. The second-order valence-corrected chi connectivity index (χ2v) is 3.55. The van der Waals surface area contributed by atoms with Crippen LogP contribution in [0.1, 0.15) is 39.5 Å². The lowest BCUT2D eigenvalue weighted by molar-refractivity contribution is 0.946. The van der Waals surface area contributed by atoms with Crippen molar-refractivity contribution in [1.29, 1.82) is 0 Å². The average molecular weight is 162 g/mol. The Balaban J connectivity index is 2.59. The Labute approximate surface area is 75.7 Å². The molecule has 12 heavy (non-hydrogen) atoms. The molecular formula is C12H18. The third-order valence-corrected chi connectivity index (χ3v) is 2.24. The maximum atomic E-state index is 2.35. The van der Waals surface area contributed by atoms with Crippen LogP contribution in [0.5, 0.6) is 0 Å². The zero-order chi connectivity index (χ0) is 8.81. The molecule has 0 aromatic rings. The van der Waals surface area contributed by atoms with Crippen LogP contribution in [-0.4, -0.2) is 0 Å². The molecule has 0 radical (unpaired) electrons. The van der Waals surface area contributed by atoms with E-state index in [2.05, 4.69) is 38.2 Å². The first-order valence-electron chi connectivity index (χ1n) is 4.75. The van der Waals surface area contributed by atoms with Crippen molar-refractivity contribution in [2.75, 3.05) is 0 Å². The Hall–Kier alpha value is -0.780. The van der Waals surface area contributed by atoms with Crippen molar-refractivity contribution in [2.45, 2.75) is 39.5 Å². The van der Waals surface area contributed by atoms with E-state index in [1.54, 1.807) is 0 Å². The van der Waals surface area contributed by atoms with Gasteiger partial charge in [0.05, 0.1) is 0 Å². The van der Waals surface area contributed by atoms with E-state index in [1.165, 1.54) is 24.0 Å². The fourth-order valence-corrected chi connectivity index (χ4v) is 1.37. The van der Waals surface area contributed by atoms with Gasteiger partial charge in [0.25, 0.3) is 0 Å². The highest BCUT2D eigenvalue weighted by atomic mass is 14.0. The molecule has 0 unspecified atom stereocenters. The fraction of sp³-hybridized carbons (Fsp3) is 0.500. The number of hydrogen-bond acceptors (Lipinski definition) is 0. The van der Waals surface area contributed by atoms with Gasteiger partial charge < -0.3 is 0 Å². The van der Waals surface area contributed by atoms with Gasteiger partial charge in [0.15, 0.2) is 0 Å². The molecule has 1 rings (SSSR count). The van der Waals surface area contributed by atoms with E-state index >= 15 is 0 Å². The Morgan fingerprint density at radius 3 is 2.67 bits per heavy atom. The largest absolute Gasteiger partial charge is 0.0850 e. The van der Waals surface area contributed by atoms with Crippen LogP contribution in [0.3, 0.4) is 0 Å². The van der Waals surface area contributed by atoms with Gasteiger partial charge in [-0.3, -0.25) is 0 Å². The molecule has 0 aliphatic heterocycles. The molecule has 0 saturated carbocycles. The molecule has 0 aromatic heterocycles. The van der Waals surface area contributed by atoms with Crippen molar-refractivity contribution in [3.63, 3.8) is 0 Å². The number of allylic oxidation sites excluding steroid dienone is 6. The third-order valence-electron chi connectivity index (χ3n) is 2.24. The molecule has 66 valence electrons. The Kier molecular flexibility index (Phi) is 3.86. The zero-order valence-electron chi connectivity index (χ0n) is 8.14. The summed E-state index contributed by atoms with van der Waals surface area (Å²) in [6.45, 7) is 4.43. The van der Waals surface area contributed by atoms with Gasteiger partial charge in [-0.1, -0.05) is 35.5 Å². The first-order chi connectivity index (χ1) is 5.79. The topological polar surface area (TPSA) is 0 Å². The standard InChI is InChI=1S/C12H18/c1-11-7-4-3-5-8-12(2)10-6-9-11/h3-4,8-9H,5-7,10H2,1-2H3. The smallest absolute Gasteiger partial charge is 0.0141 e. The highest BCUT2D eigenvalue weighted by Crippen LogP contribution is 2.12. The van der Waals surface area contributed by atoms with E-state index in [-0.39, 0.29) is 0 Å². The third kappa shape index (κ3) is 3.56.